The number of aliphatic hydroxyl groups excluding tert-OH is 6. The molecule has 9 amide bonds. The summed E-state index contributed by atoms with van der Waals surface area (Å²) in [5.41, 5.74) is 6.96. The molecule has 0 aromatic heterocycles. The summed E-state index contributed by atoms with van der Waals surface area (Å²) in [5.74, 6) is -9.13. The molecular formula is C75H93N9O21. The van der Waals surface area contributed by atoms with Gasteiger partial charge in [0, 0.05) is 76.8 Å². The van der Waals surface area contributed by atoms with Gasteiger partial charge in [0.05, 0.1) is 49.8 Å². The fourth-order valence-electron chi connectivity index (χ4n) is 14.1. The Labute approximate surface area is 606 Å². The van der Waals surface area contributed by atoms with Crippen LogP contribution in [0.4, 0.5) is 14.4 Å². The van der Waals surface area contributed by atoms with Crippen LogP contribution in [0.5, 0.6) is 11.5 Å². The maximum atomic E-state index is 15.3. The third-order valence-corrected chi connectivity index (χ3v) is 19.4. The van der Waals surface area contributed by atoms with Gasteiger partial charge in [-0.15, -0.1) is 0 Å². The zero-order chi connectivity index (χ0) is 75.6. The van der Waals surface area contributed by atoms with Gasteiger partial charge in [0.15, 0.2) is 11.5 Å². The Morgan fingerprint density at radius 3 is 1.77 bits per heavy atom. The maximum Gasteiger partial charge on any atom is 0.409 e. The van der Waals surface area contributed by atoms with Gasteiger partial charge in [0.25, 0.3) is 0 Å². The zero-order valence-electron chi connectivity index (χ0n) is 59.2. The zero-order valence-corrected chi connectivity index (χ0v) is 59.2. The number of amides is 9. The fraction of sp³-hybridized carbons (Fsp3) is 0.480. The molecule has 0 spiro atoms. The molecule has 3 aliphatic heterocycles. The number of phenolic OH excluding ortho intramolecular Hbond substituents is 1. The average molecular weight is 1460 g/mol. The highest BCUT2D eigenvalue weighted by Gasteiger charge is 2.50. The van der Waals surface area contributed by atoms with E-state index in [1.807, 2.05) is 97.1 Å². The first-order chi connectivity index (χ1) is 50.1. The van der Waals surface area contributed by atoms with Crippen LogP contribution < -0.4 is 36.6 Å². The number of aromatic hydroxyl groups is 1. The Bertz CT molecular complexity index is 3890. The van der Waals surface area contributed by atoms with E-state index in [4.69, 9.17) is 23.7 Å². The first-order valence-corrected chi connectivity index (χ1v) is 35.1. The van der Waals surface area contributed by atoms with Crippen LogP contribution in [0.15, 0.2) is 115 Å². The van der Waals surface area contributed by atoms with Gasteiger partial charge in [0.1, 0.15) is 61.7 Å². The standard InChI is InChI=1S/C75H93N9O21/c1-40-36-84-64(65(40)91)69(95)77-35-43(86)33-55(78-73(99)105-75(3,4)5)66(92)79-61(41(2)85)70(96)83-37-44(87)34-56(83)67(93)80-62(68(94)81-63(71(84)97)58(89)25-26-76-72(98)103-38-53-49-19-11-7-15-45(49)46-16-8-12-20-50(46)53)59(90)31-42-23-24-57(88)60(32-42)102-30-28-82(27-29-101-6)74(100)104-39-54-51-21-13-9-17-47(51)48-18-10-14-22-52(48)54/h7-24,32,40-41,43-44,53-56,58-59,61-65,85-91H,25-31,33-39H2,1-6H3,(H,76,98)(H,77,95)(H,78,99)(H,79,92)(H,80,93)(H,81,94)/t40-,41+,43+,44+,55-,56-,58+,59+,61-,62-,63-,64-,65-/m0/s1. The molecule has 2 aliphatic carbocycles. The molecule has 564 valence electrons. The molecule has 5 aromatic rings. The number of fused-ring (bicyclic) bond motifs is 8. The van der Waals surface area contributed by atoms with E-state index in [2.05, 4.69) is 31.9 Å². The minimum atomic E-state index is -2.19. The van der Waals surface area contributed by atoms with Crippen molar-refractivity contribution in [2.75, 3.05) is 72.8 Å². The van der Waals surface area contributed by atoms with Crippen molar-refractivity contribution >= 4 is 53.7 Å². The highest BCUT2D eigenvalue weighted by Crippen LogP contribution is 2.46. The Morgan fingerprint density at radius 1 is 0.638 bits per heavy atom. The molecule has 0 bridgehead atoms. The van der Waals surface area contributed by atoms with Gasteiger partial charge in [0.2, 0.25) is 35.4 Å². The van der Waals surface area contributed by atoms with Crippen LogP contribution in [0.3, 0.4) is 0 Å². The van der Waals surface area contributed by atoms with Gasteiger partial charge in [-0.3, -0.25) is 28.8 Å². The highest BCUT2D eigenvalue weighted by atomic mass is 16.6. The van der Waals surface area contributed by atoms with E-state index < -0.39 is 183 Å². The second kappa shape index (κ2) is 34.3. The van der Waals surface area contributed by atoms with Gasteiger partial charge in [-0.05, 0) is 96.3 Å². The van der Waals surface area contributed by atoms with Crippen LogP contribution in [0.25, 0.3) is 22.3 Å². The summed E-state index contributed by atoms with van der Waals surface area (Å²) in [6, 6.07) is 23.4. The number of hydrogen-bond donors (Lipinski definition) is 13. The van der Waals surface area contributed by atoms with Gasteiger partial charge in [-0.25, -0.2) is 14.4 Å². The minimum Gasteiger partial charge on any atom is -0.504 e. The van der Waals surface area contributed by atoms with Crippen molar-refractivity contribution in [3.63, 3.8) is 0 Å². The van der Waals surface area contributed by atoms with E-state index in [1.54, 1.807) is 0 Å². The Morgan fingerprint density at radius 2 is 1.19 bits per heavy atom. The Kier molecular flexibility index (Phi) is 25.4. The van der Waals surface area contributed by atoms with Crippen molar-refractivity contribution in [1.29, 1.82) is 0 Å². The number of carbonyl (C=O) groups is 9. The monoisotopic (exact) mass is 1460 g/mol. The summed E-state index contributed by atoms with van der Waals surface area (Å²) < 4.78 is 28.4. The SMILES string of the molecule is COCCN(CCOc1cc(C[C@@H](O)[C@@H]2NC(=O)[C@@H]3C[C@@H](O)CN3C(=O)[C@H]([C@@H](C)O)NC(=O)[C@@H](NC(=O)OC(C)(C)C)C[C@@H](O)CNC(=O)[C@@H]3[C@@H](O)[C@@H](C)CN3C(=O)[C@H]([C@H](O)CCNC(=O)OCC3c4ccccc4-c4ccccc43)NC2=O)ccc1O)C(=O)OCC1c2ccccc2-c2ccccc21. The second-order valence-electron chi connectivity index (χ2n) is 28.1. The molecule has 3 heterocycles. The van der Waals surface area contributed by atoms with Crippen LogP contribution in [0.1, 0.15) is 93.5 Å². The van der Waals surface area contributed by atoms with Gasteiger partial charge < -0.3 is 106 Å². The van der Waals surface area contributed by atoms with Crippen molar-refractivity contribution in [3.8, 4) is 33.8 Å². The van der Waals surface area contributed by atoms with Crippen LogP contribution in [0.2, 0.25) is 0 Å². The molecular weight excluding hydrogens is 1360 g/mol. The molecule has 0 radical (unpaired) electrons. The van der Waals surface area contributed by atoms with E-state index in [9.17, 15) is 69.3 Å². The Hall–Kier alpha value is -9.95. The maximum absolute atomic E-state index is 15.3. The minimum absolute atomic E-state index is 0.0243. The summed E-state index contributed by atoms with van der Waals surface area (Å²) in [6.07, 6.45) is -15.7. The quantitative estimate of drug-likeness (QED) is 0.0493. The number of nitrogens with zero attached hydrogens (tertiary/aromatic N) is 3. The van der Waals surface area contributed by atoms with Crippen molar-refractivity contribution in [1.82, 2.24) is 46.6 Å². The number of hydrogen-bond acceptors (Lipinski definition) is 21. The lowest BCUT2D eigenvalue weighted by Crippen LogP contribution is -2.64. The summed E-state index contributed by atoms with van der Waals surface area (Å²) in [5, 5.41) is 96.0. The number of rotatable bonds is 20. The molecule has 30 nitrogen and oxygen atoms in total. The summed E-state index contributed by atoms with van der Waals surface area (Å²) in [4.78, 5) is 133. The van der Waals surface area contributed by atoms with Crippen LogP contribution in [-0.4, -0.2) is 255 Å². The third-order valence-electron chi connectivity index (χ3n) is 19.4. The number of nitrogens with one attached hydrogen (secondary N) is 6. The van der Waals surface area contributed by atoms with Gasteiger partial charge in [-0.1, -0.05) is 110 Å². The molecule has 13 atom stereocenters. The molecule has 30 heteroatoms. The number of benzene rings is 5. The fourth-order valence-corrected chi connectivity index (χ4v) is 14.1. The largest absolute Gasteiger partial charge is 0.504 e. The summed E-state index contributed by atoms with van der Waals surface area (Å²) >= 11 is 0. The van der Waals surface area contributed by atoms with E-state index in [0.29, 0.717) is 0 Å². The number of carbonyl (C=O) groups excluding carboxylic acids is 9. The molecule has 3 saturated heterocycles. The molecule has 13 N–H and O–H groups in total. The molecule has 10 rings (SSSR count). The predicted octanol–water partition coefficient (Wildman–Crippen LogP) is 1.64. The van der Waals surface area contributed by atoms with E-state index in [-0.39, 0.29) is 75.0 Å². The number of alkyl carbamates (subject to hydrolysis) is 2. The van der Waals surface area contributed by atoms with Crippen molar-refractivity contribution in [3.05, 3.63) is 143 Å². The topological polar surface area (TPSA) is 423 Å². The smallest absolute Gasteiger partial charge is 0.409 e. The highest BCUT2D eigenvalue weighted by molar-refractivity contribution is 5.98. The molecule has 3 fully saturated rings. The Balaban J connectivity index is 0.923. The van der Waals surface area contributed by atoms with Crippen LogP contribution >= 0.6 is 0 Å². The second-order valence-corrected chi connectivity index (χ2v) is 28.1. The number of aliphatic hydroxyl groups is 6. The first-order valence-electron chi connectivity index (χ1n) is 35.1. The van der Waals surface area contributed by atoms with Crippen LogP contribution in [-0.2, 0) is 54.1 Å². The molecule has 105 heavy (non-hydrogen) atoms. The van der Waals surface area contributed by atoms with Gasteiger partial charge >= 0.3 is 18.3 Å². The lowest BCUT2D eigenvalue weighted by molar-refractivity contribution is -0.147. The molecule has 0 unspecified atom stereocenters. The lowest BCUT2D eigenvalue weighted by Gasteiger charge is -2.34. The predicted molar refractivity (Wildman–Crippen MR) is 377 cm³/mol. The molecule has 5 aliphatic rings. The first kappa shape index (κ1) is 77.7. The summed E-state index contributed by atoms with van der Waals surface area (Å²) in [7, 11) is 1.47. The number of methoxy groups -OCH3 is 1. The van der Waals surface area contributed by atoms with Gasteiger partial charge in [-0.2, -0.15) is 0 Å². The number of β-amino-alcohol motifs (C(OH)–C–C–N with tert-alkyl or cyclic N) is 1. The average Bonchev–Trinajstić information content (AvgIpc) is 1.64. The third kappa shape index (κ3) is 18.6. The molecule has 5 aromatic carbocycles. The summed E-state index contributed by atoms with van der Waals surface area (Å²) in [6.45, 7) is 5.00. The van der Waals surface area contributed by atoms with Crippen molar-refractivity contribution in [2.24, 2.45) is 5.92 Å². The molecule has 0 saturated carbocycles. The number of ether oxygens (including phenoxy) is 5. The normalized spacial score (nSPS) is 24.0. The number of phenols is 1. The lowest BCUT2D eigenvalue weighted by atomic mass is 9.98. The van der Waals surface area contributed by atoms with Crippen molar-refractivity contribution < 1.29 is 103 Å². The van der Waals surface area contributed by atoms with Crippen LogP contribution in [0, 0.1) is 5.92 Å². The van der Waals surface area contributed by atoms with E-state index in [1.165, 1.54) is 57.9 Å². The van der Waals surface area contributed by atoms with E-state index >= 15 is 9.59 Å². The van der Waals surface area contributed by atoms with Crippen molar-refractivity contribution in [2.45, 2.75) is 151 Å². The van der Waals surface area contributed by atoms with E-state index in [0.717, 1.165) is 61.2 Å².